The third-order valence-corrected chi connectivity index (χ3v) is 15.6. The Morgan fingerprint density at radius 2 is 1.66 bits per heavy atom. The number of rotatable bonds is 24. The highest BCUT2D eigenvalue weighted by atomic mass is 19.1. The normalized spacial score (nSPS) is 18.9. The molecular weight excluding hydrogens is 1030 g/mol. The Hall–Kier alpha value is -7.65. The first-order valence-electron chi connectivity index (χ1n) is 27.5. The molecule has 3 aromatic rings. The fourth-order valence-electron chi connectivity index (χ4n) is 10.9. The number of ether oxygens (including phenoxy) is 3. The molecule has 0 radical (unpaired) electrons. The van der Waals surface area contributed by atoms with Crippen LogP contribution >= 0.6 is 0 Å². The van der Waals surface area contributed by atoms with E-state index in [9.17, 15) is 43.2 Å². The quantitative estimate of drug-likeness (QED) is 0.0296. The number of carbonyl (C=O) groups is 9. The van der Waals surface area contributed by atoms with Crippen LogP contribution in [-0.2, 0) is 72.1 Å². The average Bonchev–Trinajstić information content (AvgIpc) is 4.15. The highest BCUT2D eigenvalue weighted by molar-refractivity contribution is 6.13. The number of hydrogen-bond donors (Lipinski definition) is 3. The maximum absolute atomic E-state index is 15.5. The summed E-state index contributed by atoms with van der Waals surface area (Å²) in [5.41, 5.74) is 4.35. The molecule has 2 aromatic carbocycles. The summed E-state index contributed by atoms with van der Waals surface area (Å²) >= 11 is 0. The minimum absolute atomic E-state index is 0.0204. The van der Waals surface area contributed by atoms with E-state index in [-0.39, 0.29) is 110 Å². The molecule has 1 aromatic heterocycles. The summed E-state index contributed by atoms with van der Waals surface area (Å²) in [6.07, 6.45) is 6.56. The Balaban J connectivity index is 0.894. The van der Waals surface area contributed by atoms with E-state index in [1.54, 1.807) is 58.0 Å². The lowest BCUT2D eigenvalue weighted by Crippen LogP contribution is -2.53. The summed E-state index contributed by atoms with van der Waals surface area (Å²) in [6.45, 7) is 11.1. The van der Waals surface area contributed by atoms with E-state index in [1.165, 1.54) is 23.1 Å². The molecule has 0 saturated carbocycles. The monoisotopic (exact) mass is 1100 g/mol. The third kappa shape index (κ3) is 12.4. The molecule has 0 unspecified atom stereocenters. The first-order valence-corrected chi connectivity index (χ1v) is 27.5. The Bertz CT molecular complexity index is 3100. The van der Waals surface area contributed by atoms with E-state index < -0.39 is 48.2 Å². The van der Waals surface area contributed by atoms with Gasteiger partial charge >= 0.3 is 18.0 Å². The third-order valence-electron chi connectivity index (χ3n) is 15.6. The van der Waals surface area contributed by atoms with Crippen molar-refractivity contribution in [3.8, 4) is 0 Å². The molecule has 0 bridgehead atoms. The number of aryl methyl sites for hydroxylation is 1. The number of fused-ring (bicyclic) bond motifs is 4. The van der Waals surface area contributed by atoms with Crippen LogP contribution in [0.25, 0.3) is 16.6 Å². The lowest BCUT2D eigenvalue weighted by Gasteiger charge is -2.40. The summed E-state index contributed by atoms with van der Waals surface area (Å²) in [4.78, 5) is 129. The molecule has 80 heavy (non-hydrogen) atoms. The second-order valence-corrected chi connectivity index (χ2v) is 21.8. The zero-order valence-electron chi connectivity index (χ0n) is 46.8. The zero-order chi connectivity index (χ0) is 57.7. The van der Waals surface area contributed by atoms with E-state index in [0.717, 1.165) is 27.0 Å². The number of hydrogen-bond acceptors (Lipinski definition) is 15. The maximum atomic E-state index is 15.5. The van der Waals surface area contributed by atoms with Crippen LogP contribution in [0.4, 0.5) is 14.9 Å². The van der Waals surface area contributed by atoms with Crippen molar-refractivity contribution < 1.29 is 61.8 Å². The van der Waals surface area contributed by atoms with Gasteiger partial charge in [-0.05, 0) is 99.5 Å². The van der Waals surface area contributed by atoms with Crippen LogP contribution in [0.15, 0.2) is 59.7 Å². The fraction of sp³-hybridized carbons (Fsp3) is 0.492. The molecule has 0 spiro atoms. The number of esters is 2. The molecule has 20 nitrogen and oxygen atoms in total. The predicted octanol–water partition coefficient (Wildman–Crippen LogP) is 6.23. The van der Waals surface area contributed by atoms with Crippen LogP contribution in [0.3, 0.4) is 0 Å². The number of pyridine rings is 1. The van der Waals surface area contributed by atoms with Crippen LogP contribution in [0, 0.1) is 24.6 Å². The smallest absolute Gasteiger partial charge is 0.411 e. The van der Waals surface area contributed by atoms with Gasteiger partial charge in [0.1, 0.15) is 19.2 Å². The molecule has 4 aliphatic heterocycles. The highest BCUT2D eigenvalue weighted by Crippen LogP contribution is 2.49. The molecule has 4 atom stereocenters. The number of amides is 6. The van der Waals surface area contributed by atoms with Gasteiger partial charge in [-0.3, -0.25) is 38.6 Å². The molecule has 426 valence electrons. The number of Topliss-reactive ketones (excluding diaryl/α,β-unsaturated/α-hetero) is 1. The number of carbonyl (C=O) groups excluding carboxylic acids is 9. The van der Waals surface area contributed by atoms with Crippen molar-refractivity contribution in [3.63, 3.8) is 0 Å². The Kier molecular flexibility index (Phi) is 18.1. The number of cyclic esters (lactones) is 2. The number of aromatic nitrogens is 1. The van der Waals surface area contributed by atoms with Gasteiger partial charge in [0.25, 0.3) is 11.8 Å². The SMILES string of the molecule is CCC(=O)N[C@@H]1CCc2c(C)c(F)cc3nc4c(c1c23)CN1CC2=C(C=C41)[C@@](CC)(OCN(CCN(C)C)C(=O)OCc1ccc(NC(=O)[C@H](C)CC(=O)[C@@H](NC(=O)CCCCCN3C(=O)C=CC3=O)C(C)C)cc1)C(=O)OC2=O. The largest absolute Gasteiger partial charge is 0.444 e. The van der Waals surface area contributed by atoms with Gasteiger partial charge in [-0.15, -0.1) is 0 Å². The van der Waals surface area contributed by atoms with Crippen LogP contribution in [0.1, 0.15) is 126 Å². The number of nitrogens with zero attached hydrogens (tertiary/aromatic N) is 5. The molecule has 0 saturated heterocycles. The number of halogens is 1. The number of benzene rings is 2. The van der Waals surface area contributed by atoms with Crippen LogP contribution < -0.4 is 16.0 Å². The predicted molar refractivity (Wildman–Crippen MR) is 292 cm³/mol. The Morgan fingerprint density at radius 3 is 2.34 bits per heavy atom. The molecule has 0 fully saturated rings. The summed E-state index contributed by atoms with van der Waals surface area (Å²) in [7, 11) is 3.67. The van der Waals surface area contributed by atoms with Gasteiger partial charge in [-0.25, -0.2) is 23.8 Å². The first-order chi connectivity index (χ1) is 38.1. The second kappa shape index (κ2) is 24.8. The molecule has 6 amide bonds. The number of unbranched alkanes of at least 4 members (excludes halogenated alkanes) is 2. The molecule has 5 aliphatic rings. The van der Waals surface area contributed by atoms with Crippen molar-refractivity contribution in [1.82, 2.24) is 35.2 Å². The average molecular weight is 1100 g/mol. The zero-order valence-corrected chi connectivity index (χ0v) is 46.8. The van der Waals surface area contributed by atoms with Crippen LogP contribution in [-0.4, -0.2) is 137 Å². The maximum Gasteiger partial charge on any atom is 0.411 e. The molecule has 5 heterocycles. The topological polar surface area (TPSA) is 243 Å². The van der Waals surface area contributed by atoms with E-state index in [1.807, 2.05) is 37.7 Å². The van der Waals surface area contributed by atoms with Crippen molar-refractivity contribution >= 4 is 75.6 Å². The molecule has 8 rings (SSSR count). The van der Waals surface area contributed by atoms with Gasteiger partial charge in [0.15, 0.2) is 11.4 Å². The Morgan fingerprint density at radius 1 is 0.938 bits per heavy atom. The van der Waals surface area contributed by atoms with E-state index in [2.05, 4.69) is 16.0 Å². The van der Waals surface area contributed by atoms with E-state index >= 15 is 4.39 Å². The molecular formula is C59H71FN8O12. The molecule has 3 N–H and O–H groups in total. The van der Waals surface area contributed by atoms with Crippen molar-refractivity contribution in [2.75, 3.05) is 52.3 Å². The van der Waals surface area contributed by atoms with Gasteiger partial charge in [0, 0.05) is 91.8 Å². The van der Waals surface area contributed by atoms with Crippen LogP contribution in [0.5, 0.6) is 0 Å². The summed E-state index contributed by atoms with van der Waals surface area (Å²) in [5.74, 6) is -4.92. The van der Waals surface area contributed by atoms with Crippen molar-refractivity contribution in [2.24, 2.45) is 11.8 Å². The van der Waals surface area contributed by atoms with E-state index in [4.69, 9.17) is 19.2 Å². The van der Waals surface area contributed by atoms with Gasteiger partial charge in [0.2, 0.25) is 17.7 Å². The number of nitrogens with one attached hydrogen (secondary N) is 3. The van der Waals surface area contributed by atoms with Crippen molar-refractivity contribution in [3.05, 3.63) is 99.0 Å². The lowest BCUT2D eigenvalue weighted by molar-refractivity contribution is -0.181. The van der Waals surface area contributed by atoms with Crippen molar-refractivity contribution in [2.45, 2.75) is 130 Å². The number of imide groups is 1. The first kappa shape index (κ1) is 58.5. The molecule has 1 aliphatic carbocycles. The van der Waals surface area contributed by atoms with E-state index in [0.29, 0.717) is 78.9 Å². The summed E-state index contributed by atoms with van der Waals surface area (Å²) < 4.78 is 33.2. The number of likely N-dealkylation sites (N-methyl/N-ethyl adjacent to an activating group) is 1. The number of ketones is 1. The second-order valence-electron chi connectivity index (χ2n) is 21.8. The molecule has 21 heteroatoms. The minimum Gasteiger partial charge on any atom is -0.444 e. The standard InChI is InChI=1S/C59H71FN8O12/c1-9-47(70)62-43-20-19-38-35(6)42(60)28-44-51(38)52(43)40-30-67-29-39-41(27-45(67)54(40)63-44)59(10-2,57(76)80-56(39)75)79-32-66(25-24-65(7)8)58(77)78-31-36-15-17-37(18-16-36)61-55(74)34(5)26-46(69)53(33(3)4)64-48(71)14-12-11-13-23-68-49(72)21-22-50(68)73/h15-18,21-22,27-28,33-34,43,53H,9-14,19-20,23-26,29-32H2,1-8H3,(H,61,74)(H,62,70)(H,64,71)/t34-,43-,53+,59-/m1/s1. The van der Waals surface area contributed by atoms with Crippen molar-refractivity contribution in [1.29, 1.82) is 0 Å². The van der Waals surface area contributed by atoms with Gasteiger partial charge in [0.05, 0.1) is 41.1 Å². The van der Waals surface area contributed by atoms with Gasteiger partial charge in [-0.1, -0.05) is 53.2 Å². The summed E-state index contributed by atoms with van der Waals surface area (Å²) in [6, 6.07) is 6.89. The van der Waals surface area contributed by atoms with Gasteiger partial charge < -0.3 is 40.0 Å². The lowest BCUT2D eigenvalue weighted by atomic mass is 9.81. The van der Waals surface area contributed by atoms with Gasteiger partial charge in [-0.2, -0.15) is 0 Å². The van der Waals surface area contributed by atoms with Crippen LogP contribution in [0.2, 0.25) is 0 Å². The number of anilines is 1. The summed E-state index contributed by atoms with van der Waals surface area (Å²) in [5, 5.41) is 9.63. The fourth-order valence-corrected chi connectivity index (χ4v) is 10.9. The highest BCUT2D eigenvalue weighted by Gasteiger charge is 2.53. The Labute approximate surface area is 464 Å². The minimum atomic E-state index is -1.83.